The quantitative estimate of drug-likeness (QED) is 0.547. The Balaban J connectivity index is 1.12. The van der Waals surface area contributed by atoms with Crippen molar-refractivity contribution in [2.75, 3.05) is 55.5 Å². The summed E-state index contributed by atoms with van der Waals surface area (Å²) in [6, 6.07) is 9.17. The lowest BCUT2D eigenvalue weighted by atomic mass is 9.91. The van der Waals surface area contributed by atoms with Crippen molar-refractivity contribution in [3.8, 4) is 0 Å². The summed E-state index contributed by atoms with van der Waals surface area (Å²) in [5.74, 6) is 1.69. The second-order valence-electron chi connectivity index (χ2n) is 9.06. The Hall–Kier alpha value is -2.49. The molecular weight excluding hydrogens is 434 g/mol. The molecule has 3 heterocycles. The summed E-state index contributed by atoms with van der Waals surface area (Å²) in [6.07, 6.45) is 6.57. The van der Waals surface area contributed by atoms with Crippen LogP contribution in [0.5, 0.6) is 0 Å². The third kappa shape index (κ3) is 5.37. The van der Waals surface area contributed by atoms with Crippen LogP contribution in [0.3, 0.4) is 0 Å². The molecule has 3 aromatic rings. The van der Waals surface area contributed by atoms with Crippen LogP contribution in [0.25, 0.3) is 10.9 Å². The lowest BCUT2D eigenvalue weighted by Gasteiger charge is -2.30. The SMILES string of the molecule is CN(C)c1nc(NC2CCC(NCc3cnc(N4CCOCC4)s3)CC2)nc2ccccc12. The van der Waals surface area contributed by atoms with Gasteiger partial charge < -0.3 is 25.2 Å². The Morgan fingerprint density at radius 3 is 2.61 bits per heavy atom. The summed E-state index contributed by atoms with van der Waals surface area (Å²) in [7, 11) is 4.06. The molecule has 0 bridgehead atoms. The van der Waals surface area contributed by atoms with Crippen LogP contribution in [0.4, 0.5) is 16.9 Å². The first-order valence-corrected chi connectivity index (χ1v) is 12.7. The van der Waals surface area contributed by atoms with E-state index in [9.17, 15) is 0 Å². The van der Waals surface area contributed by atoms with Gasteiger partial charge in [-0.2, -0.15) is 4.98 Å². The lowest BCUT2D eigenvalue weighted by Crippen LogP contribution is -2.36. The molecule has 2 N–H and O–H groups in total. The van der Waals surface area contributed by atoms with Crippen molar-refractivity contribution in [2.45, 2.75) is 44.3 Å². The van der Waals surface area contributed by atoms with E-state index in [1.807, 2.05) is 32.4 Å². The number of hydrogen-bond donors (Lipinski definition) is 2. The summed E-state index contributed by atoms with van der Waals surface area (Å²) in [6.45, 7) is 4.36. The van der Waals surface area contributed by atoms with Crippen molar-refractivity contribution < 1.29 is 4.74 Å². The van der Waals surface area contributed by atoms with Gasteiger partial charge in [-0.15, -0.1) is 11.3 Å². The third-order valence-electron chi connectivity index (χ3n) is 6.46. The fourth-order valence-electron chi connectivity index (χ4n) is 4.61. The molecule has 1 aromatic carbocycles. The second kappa shape index (κ2) is 10.2. The average molecular weight is 468 g/mol. The van der Waals surface area contributed by atoms with Crippen LogP contribution < -0.4 is 20.4 Å². The van der Waals surface area contributed by atoms with Crippen molar-refractivity contribution in [2.24, 2.45) is 0 Å². The minimum Gasteiger partial charge on any atom is -0.378 e. The number of nitrogens with one attached hydrogen (secondary N) is 2. The molecule has 0 amide bonds. The van der Waals surface area contributed by atoms with Gasteiger partial charge in [0.05, 0.1) is 18.7 Å². The lowest BCUT2D eigenvalue weighted by molar-refractivity contribution is 0.122. The zero-order valence-electron chi connectivity index (χ0n) is 19.5. The molecule has 2 aromatic heterocycles. The first kappa shape index (κ1) is 22.3. The van der Waals surface area contributed by atoms with Crippen LogP contribution in [0.1, 0.15) is 30.6 Å². The molecule has 1 saturated carbocycles. The van der Waals surface area contributed by atoms with Gasteiger partial charge in [0.15, 0.2) is 5.13 Å². The average Bonchev–Trinajstić information content (AvgIpc) is 3.33. The van der Waals surface area contributed by atoms with E-state index in [4.69, 9.17) is 14.7 Å². The highest BCUT2D eigenvalue weighted by atomic mass is 32.1. The third-order valence-corrected chi connectivity index (χ3v) is 7.51. The summed E-state index contributed by atoms with van der Waals surface area (Å²) < 4.78 is 5.44. The van der Waals surface area contributed by atoms with Crippen LogP contribution in [0, 0.1) is 0 Å². The minimum atomic E-state index is 0.413. The van der Waals surface area contributed by atoms with Crippen LogP contribution in [-0.4, -0.2) is 67.4 Å². The minimum absolute atomic E-state index is 0.413. The molecule has 176 valence electrons. The molecule has 1 aliphatic heterocycles. The molecule has 5 rings (SSSR count). The molecule has 0 unspecified atom stereocenters. The molecule has 1 saturated heterocycles. The Kier molecular flexibility index (Phi) is 6.89. The van der Waals surface area contributed by atoms with E-state index in [1.165, 1.54) is 4.88 Å². The number of benzene rings is 1. The number of anilines is 3. The Labute approximate surface area is 199 Å². The van der Waals surface area contributed by atoms with E-state index in [-0.39, 0.29) is 0 Å². The maximum atomic E-state index is 5.44. The predicted octanol–water partition coefficient (Wildman–Crippen LogP) is 3.50. The normalized spacial score (nSPS) is 21.3. The van der Waals surface area contributed by atoms with E-state index in [0.29, 0.717) is 12.1 Å². The second-order valence-corrected chi connectivity index (χ2v) is 10.2. The molecule has 0 radical (unpaired) electrons. The highest BCUT2D eigenvalue weighted by molar-refractivity contribution is 7.15. The zero-order valence-corrected chi connectivity index (χ0v) is 20.3. The Morgan fingerprint density at radius 2 is 1.82 bits per heavy atom. The van der Waals surface area contributed by atoms with Gasteiger partial charge in [0.25, 0.3) is 0 Å². The fourth-order valence-corrected chi connectivity index (χ4v) is 5.53. The van der Waals surface area contributed by atoms with E-state index in [0.717, 1.165) is 86.3 Å². The molecule has 33 heavy (non-hydrogen) atoms. The Morgan fingerprint density at radius 1 is 1.06 bits per heavy atom. The van der Waals surface area contributed by atoms with Gasteiger partial charge in [0.1, 0.15) is 5.82 Å². The smallest absolute Gasteiger partial charge is 0.225 e. The zero-order chi connectivity index (χ0) is 22.6. The van der Waals surface area contributed by atoms with E-state index < -0.39 is 0 Å². The number of ether oxygens (including phenoxy) is 1. The number of fused-ring (bicyclic) bond motifs is 1. The van der Waals surface area contributed by atoms with Gasteiger partial charge in [-0.3, -0.25) is 0 Å². The standard InChI is InChI=1S/C24H33N7OS/c1-30(2)22-20-5-3-4-6-21(20)28-23(29-22)27-18-9-7-17(8-10-18)25-15-19-16-26-24(33-19)31-11-13-32-14-12-31/h3-6,16-18,25H,7-15H2,1-2H3,(H,27,28,29). The number of para-hydroxylation sites is 1. The molecule has 0 spiro atoms. The number of thiazole rings is 1. The molecule has 1 aliphatic carbocycles. The summed E-state index contributed by atoms with van der Waals surface area (Å²) in [4.78, 5) is 19.9. The van der Waals surface area contributed by atoms with Crippen molar-refractivity contribution >= 4 is 39.1 Å². The first-order valence-electron chi connectivity index (χ1n) is 11.9. The van der Waals surface area contributed by atoms with Gasteiger partial charge >= 0.3 is 0 Å². The summed E-state index contributed by atoms with van der Waals surface area (Å²) in [5, 5.41) is 9.56. The molecule has 8 nitrogen and oxygen atoms in total. The topological polar surface area (TPSA) is 78.4 Å². The predicted molar refractivity (Wildman–Crippen MR) is 136 cm³/mol. The maximum absolute atomic E-state index is 5.44. The van der Waals surface area contributed by atoms with Crippen LogP contribution in [-0.2, 0) is 11.3 Å². The highest BCUT2D eigenvalue weighted by Gasteiger charge is 2.22. The van der Waals surface area contributed by atoms with Crippen LogP contribution >= 0.6 is 11.3 Å². The molecule has 2 aliphatic rings. The number of morpholine rings is 1. The van der Waals surface area contributed by atoms with Crippen LogP contribution in [0.15, 0.2) is 30.5 Å². The Bertz CT molecular complexity index is 1060. The van der Waals surface area contributed by atoms with Crippen molar-refractivity contribution in [3.63, 3.8) is 0 Å². The molecule has 9 heteroatoms. The van der Waals surface area contributed by atoms with Gasteiger partial charge in [-0.05, 0) is 37.8 Å². The molecular formula is C24H33N7OS. The largest absolute Gasteiger partial charge is 0.378 e. The van der Waals surface area contributed by atoms with Gasteiger partial charge in [-0.25, -0.2) is 9.97 Å². The van der Waals surface area contributed by atoms with Crippen molar-refractivity contribution in [1.29, 1.82) is 0 Å². The van der Waals surface area contributed by atoms with E-state index >= 15 is 0 Å². The van der Waals surface area contributed by atoms with Crippen molar-refractivity contribution in [1.82, 2.24) is 20.3 Å². The highest BCUT2D eigenvalue weighted by Crippen LogP contribution is 2.27. The summed E-state index contributed by atoms with van der Waals surface area (Å²) in [5.41, 5.74) is 0.982. The number of aromatic nitrogens is 3. The monoisotopic (exact) mass is 467 g/mol. The fraction of sp³-hybridized carbons (Fsp3) is 0.542. The summed E-state index contributed by atoms with van der Waals surface area (Å²) >= 11 is 1.80. The number of hydrogen-bond acceptors (Lipinski definition) is 9. The van der Waals surface area contributed by atoms with Crippen LogP contribution in [0.2, 0.25) is 0 Å². The number of rotatable bonds is 7. The molecule has 0 atom stereocenters. The van der Waals surface area contributed by atoms with E-state index in [1.54, 1.807) is 11.3 Å². The maximum Gasteiger partial charge on any atom is 0.225 e. The van der Waals surface area contributed by atoms with Gasteiger partial charge in [0.2, 0.25) is 5.95 Å². The first-order chi connectivity index (χ1) is 16.2. The van der Waals surface area contributed by atoms with E-state index in [2.05, 4.69) is 37.6 Å². The van der Waals surface area contributed by atoms with Crippen molar-refractivity contribution in [3.05, 3.63) is 35.3 Å². The van der Waals surface area contributed by atoms with Gasteiger partial charge in [0, 0.05) is 62.3 Å². The number of nitrogens with zero attached hydrogens (tertiary/aromatic N) is 5. The van der Waals surface area contributed by atoms with Gasteiger partial charge in [-0.1, -0.05) is 12.1 Å². The molecule has 2 fully saturated rings.